The summed E-state index contributed by atoms with van der Waals surface area (Å²) in [4.78, 5) is 25.7. The maximum Gasteiger partial charge on any atom is 0.311 e. The number of hydrogen-bond acceptors (Lipinski definition) is 3. The van der Waals surface area contributed by atoms with Crippen LogP contribution < -0.4 is 4.74 Å². The average molecular weight is 289 g/mol. The summed E-state index contributed by atoms with van der Waals surface area (Å²) in [5.41, 5.74) is 1.12. The number of nitrogens with zero attached hydrogens (tertiary/aromatic N) is 1. The first-order chi connectivity index (χ1) is 10.1. The number of amides is 1. The molecule has 0 radical (unpaired) electrons. The maximum atomic E-state index is 12.1. The molecular formula is C17H23NO3. The van der Waals surface area contributed by atoms with E-state index in [1.807, 2.05) is 24.0 Å². The fourth-order valence-corrected chi connectivity index (χ4v) is 2.48. The van der Waals surface area contributed by atoms with Crippen molar-refractivity contribution in [3.05, 3.63) is 29.8 Å². The quantitative estimate of drug-likeness (QED) is 0.632. The molecule has 2 rings (SSSR count). The number of likely N-dealkylation sites (tertiary alicyclic amines) is 1. The molecule has 1 aromatic rings. The summed E-state index contributed by atoms with van der Waals surface area (Å²) in [5, 5.41) is 0. The van der Waals surface area contributed by atoms with E-state index in [2.05, 4.69) is 0 Å². The topological polar surface area (TPSA) is 46.6 Å². The monoisotopic (exact) mass is 289 g/mol. The van der Waals surface area contributed by atoms with Crippen LogP contribution in [0.15, 0.2) is 24.3 Å². The van der Waals surface area contributed by atoms with E-state index in [1.54, 1.807) is 12.1 Å². The van der Waals surface area contributed by atoms with Gasteiger partial charge in [0.25, 0.3) is 0 Å². The summed E-state index contributed by atoms with van der Waals surface area (Å²) >= 11 is 0. The highest BCUT2D eigenvalue weighted by atomic mass is 16.5. The molecule has 21 heavy (non-hydrogen) atoms. The molecule has 1 amide bonds. The normalized spacial score (nSPS) is 15.4. The van der Waals surface area contributed by atoms with Crippen LogP contribution in [0.3, 0.4) is 0 Å². The summed E-state index contributed by atoms with van der Waals surface area (Å²) in [6.45, 7) is 3.63. The Hall–Kier alpha value is -1.84. The molecule has 1 heterocycles. The molecule has 1 saturated heterocycles. The van der Waals surface area contributed by atoms with Crippen LogP contribution in [0.2, 0.25) is 0 Å². The van der Waals surface area contributed by atoms with E-state index in [4.69, 9.17) is 4.74 Å². The number of ether oxygens (including phenoxy) is 1. The fraction of sp³-hybridized carbons (Fsp3) is 0.529. The Labute approximate surface area is 126 Å². The maximum absolute atomic E-state index is 12.1. The highest BCUT2D eigenvalue weighted by Gasteiger charge is 2.17. The second-order valence-electron chi connectivity index (χ2n) is 5.58. The second kappa shape index (κ2) is 7.81. The summed E-state index contributed by atoms with van der Waals surface area (Å²) in [5.74, 6) is 0.257. The molecule has 0 spiro atoms. The van der Waals surface area contributed by atoms with Crippen molar-refractivity contribution in [3.8, 4) is 5.75 Å². The van der Waals surface area contributed by atoms with Gasteiger partial charge >= 0.3 is 5.97 Å². The molecule has 114 valence electrons. The van der Waals surface area contributed by atoms with Crippen molar-refractivity contribution in [2.45, 2.75) is 45.4 Å². The molecule has 0 aliphatic carbocycles. The van der Waals surface area contributed by atoms with Gasteiger partial charge in [0, 0.05) is 19.5 Å². The van der Waals surface area contributed by atoms with E-state index >= 15 is 0 Å². The van der Waals surface area contributed by atoms with Crippen molar-refractivity contribution in [2.24, 2.45) is 0 Å². The smallest absolute Gasteiger partial charge is 0.311 e. The van der Waals surface area contributed by atoms with Crippen LogP contribution >= 0.6 is 0 Å². The predicted molar refractivity (Wildman–Crippen MR) is 81.1 cm³/mol. The van der Waals surface area contributed by atoms with E-state index in [1.165, 1.54) is 12.8 Å². The lowest BCUT2D eigenvalue weighted by atomic mass is 10.2. The predicted octanol–water partition coefficient (Wildman–Crippen LogP) is 3.08. The SMILES string of the molecule is Cc1ccc(OC(=O)CCC(=O)N2CCCCCC2)cc1. The van der Waals surface area contributed by atoms with Crippen LogP contribution in [0.5, 0.6) is 5.75 Å². The highest BCUT2D eigenvalue weighted by molar-refractivity contribution is 5.82. The third-order valence-electron chi connectivity index (χ3n) is 3.75. The minimum Gasteiger partial charge on any atom is -0.427 e. The second-order valence-corrected chi connectivity index (χ2v) is 5.58. The molecule has 1 aliphatic heterocycles. The molecule has 1 aliphatic rings. The first-order valence-electron chi connectivity index (χ1n) is 7.70. The molecule has 4 nitrogen and oxygen atoms in total. The number of carbonyl (C=O) groups is 2. The lowest BCUT2D eigenvalue weighted by Crippen LogP contribution is -2.32. The number of aryl methyl sites for hydroxylation is 1. The van der Waals surface area contributed by atoms with Crippen LogP contribution in [0.25, 0.3) is 0 Å². The first-order valence-corrected chi connectivity index (χ1v) is 7.70. The molecule has 0 N–H and O–H groups in total. The van der Waals surface area contributed by atoms with E-state index in [0.717, 1.165) is 31.5 Å². The molecule has 1 fully saturated rings. The van der Waals surface area contributed by atoms with Crippen LogP contribution in [0.4, 0.5) is 0 Å². The summed E-state index contributed by atoms with van der Waals surface area (Å²) in [6, 6.07) is 7.32. The van der Waals surface area contributed by atoms with Gasteiger partial charge in [-0.3, -0.25) is 9.59 Å². The van der Waals surface area contributed by atoms with E-state index in [-0.39, 0.29) is 24.7 Å². The molecule has 0 aromatic heterocycles. The number of esters is 1. The van der Waals surface area contributed by atoms with Gasteiger partial charge in [-0.25, -0.2) is 0 Å². The van der Waals surface area contributed by atoms with E-state index in [9.17, 15) is 9.59 Å². The Balaban J connectivity index is 1.75. The Bertz CT molecular complexity index is 473. The molecule has 0 atom stereocenters. The number of carbonyl (C=O) groups excluding carboxylic acids is 2. The Morgan fingerprint density at radius 2 is 1.62 bits per heavy atom. The number of hydrogen-bond donors (Lipinski definition) is 0. The zero-order chi connectivity index (χ0) is 15.1. The minimum absolute atomic E-state index is 0.0674. The van der Waals surface area contributed by atoms with Crippen LogP contribution in [0.1, 0.15) is 44.1 Å². The fourth-order valence-electron chi connectivity index (χ4n) is 2.48. The van der Waals surface area contributed by atoms with Crippen molar-refractivity contribution in [3.63, 3.8) is 0 Å². The molecule has 4 heteroatoms. The van der Waals surface area contributed by atoms with Gasteiger partial charge in [-0.15, -0.1) is 0 Å². The van der Waals surface area contributed by atoms with Gasteiger partial charge in [-0.05, 0) is 31.9 Å². The summed E-state index contributed by atoms with van der Waals surface area (Å²) < 4.78 is 5.22. The third kappa shape index (κ3) is 5.21. The van der Waals surface area contributed by atoms with E-state index < -0.39 is 0 Å². The zero-order valence-electron chi connectivity index (χ0n) is 12.6. The van der Waals surface area contributed by atoms with Crippen LogP contribution in [0, 0.1) is 6.92 Å². The first kappa shape index (κ1) is 15.5. The lowest BCUT2D eigenvalue weighted by Gasteiger charge is -2.19. The number of benzene rings is 1. The average Bonchev–Trinajstić information content (AvgIpc) is 2.76. The van der Waals surface area contributed by atoms with Crippen molar-refractivity contribution in [2.75, 3.05) is 13.1 Å². The van der Waals surface area contributed by atoms with Crippen LogP contribution in [-0.4, -0.2) is 29.9 Å². The Morgan fingerprint density at radius 3 is 2.24 bits per heavy atom. The minimum atomic E-state index is -0.345. The molecule has 0 saturated carbocycles. The van der Waals surface area contributed by atoms with Gasteiger partial charge in [0.2, 0.25) is 5.91 Å². The Kier molecular flexibility index (Phi) is 5.78. The molecule has 1 aromatic carbocycles. The summed E-state index contributed by atoms with van der Waals surface area (Å²) in [6.07, 6.45) is 4.91. The van der Waals surface area contributed by atoms with Gasteiger partial charge in [0.1, 0.15) is 5.75 Å². The molecule has 0 bridgehead atoms. The van der Waals surface area contributed by atoms with Crippen molar-refractivity contribution >= 4 is 11.9 Å². The Morgan fingerprint density at radius 1 is 1.00 bits per heavy atom. The summed E-state index contributed by atoms with van der Waals surface area (Å²) in [7, 11) is 0. The van der Waals surface area contributed by atoms with Gasteiger partial charge in [0.05, 0.1) is 6.42 Å². The molecule has 0 unspecified atom stereocenters. The van der Waals surface area contributed by atoms with Gasteiger partial charge in [0.15, 0.2) is 0 Å². The standard InChI is InChI=1S/C17H23NO3/c1-14-6-8-15(9-7-14)21-17(20)11-10-16(19)18-12-4-2-3-5-13-18/h6-9H,2-5,10-13H2,1H3. The van der Waals surface area contributed by atoms with Gasteiger partial charge in [-0.1, -0.05) is 30.5 Å². The largest absolute Gasteiger partial charge is 0.427 e. The van der Waals surface area contributed by atoms with E-state index in [0.29, 0.717) is 5.75 Å². The van der Waals surface area contributed by atoms with Crippen LogP contribution in [-0.2, 0) is 9.59 Å². The van der Waals surface area contributed by atoms with Crippen molar-refractivity contribution in [1.82, 2.24) is 4.90 Å². The molecular weight excluding hydrogens is 266 g/mol. The van der Waals surface area contributed by atoms with Gasteiger partial charge in [-0.2, -0.15) is 0 Å². The lowest BCUT2D eigenvalue weighted by molar-refractivity contribution is -0.139. The number of rotatable bonds is 4. The zero-order valence-corrected chi connectivity index (χ0v) is 12.6. The van der Waals surface area contributed by atoms with Crippen molar-refractivity contribution < 1.29 is 14.3 Å². The highest BCUT2D eigenvalue weighted by Crippen LogP contribution is 2.14. The van der Waals surface area contributed by atoms with Gasteiger partial charge < -0.3 is 9.64 Å². The van der Waals surface area contributed by atoms with Crippen molar-refractivity contribution in [1.29, 1.82) is 0 Å². The third-order valence-corrected chi connectivity index (χ3v) is 3.75.